The number of halogens is 3. The van der Waals surface area contributed by atoms with E-state index >= 15 is 0 Å². The number of ether oxygens (including phenoxy) is 3. The summed E-state index contributed by atoms with van der Waals surface area (Å²) in [5.41, 5.74) is 4.34. The number of aromatic nitrogens is 2. The van der Waals surface area contributed by atoms with Gasteiger partial charge in [-0.25, -0.2) is 9.97 Å². The van der Waals surface area contributed by atoms with Crippen molar-refractivity contribution in [3.8, 4) is 5.88 Å². The molecular formula is C30H41ClF2N4O3. The third kappa shape index (κ3) is 5.86. The smallest absolute Gasteiger partial charge is 0.388 e. The lowest BCUT2D eigenvalue weighted by Crippen LogP contribution is -2.54. The predicted octanol–water partition coefficient (Wildman–Crippen LogP) is 6.00. The van der Waals surface area contributed by atoms with Gasteiger partial charge in [-0.3, -0.25) is 9.80 Å². The number of alkyl halides is 2. The molecule has 2 aromatic rings. The number of pyridine rings is 2. The molecule has 0 amide bonds. The van der Waals surface area contributed by atoms with Gasteiger partial charge in [0.15, 0.2) is 0 Å². The molecule has 7 nitrogen and oxygen atoms in total. The van der Waals surface area contributed by atoms with Gasteiger partial charge in [-0.2, -0.15) is 8.78 Å². The Bertz CT molecular complexity index is 1190. The minimum atomic E-state index is -2.84. The first kappa shape index (κ1) is 29.6. The summed E-state index contributed by atoms with van der Waals surface area (Å²) in [5.74, 6) is -0.0217. The van der Waals surface area contributed by atoms with Crippen LogP contribution in [0.2, 0.25) is 5.15 Å². The Morgan fingerprint density at radius 2 is 1.43 bits per heavy atom. The van der Waals surface area contributed by atoms with E-state index in [1.54, 1.807) is 0 Å². The van der Waals surface area contributed by atoms with E-state index in [1.165, 1.54) is 11.6 Å². The zero-order chi connectivity index (χ0) is 28.7. The maximum atomic E-state index is 12.3. The molecule has 40 heavy (non-hydrogen) atoms. The lowest BCUT2D eigenvalue weighted by molar-refractivity contribution is -0.119. The fourth-order valence-electron chi connectivity index (χ4n) is 7.11. The number of rotatable bonds is 4. The molecule has 6 unspecified atom stereocenters. The molecule has 2 fully saturated rings. The average Bonchev–Trinajstić information content (AvgIpc) is 3.25. The Morgan fingerprint density at radius 3 is 2.05 bits per heavy atom. The van der Waals surface area contributed by atoms with Crippen LogP contribution in [-0.4, -0.2) is 76.0 Å². The van der Waals surface area contributed by atoms with E-state index in [0.29, 0.717) is 54.5 Å². The van der Waals surface area contributed by atoms with Crippen LogP contribution in [0.15, 0.2) is 24.3 Å². The molecule has 6 rings (SSSR count). The molecule has 220 valence electrons. The van der Waals surface area contributed by atoms with E-state index in [0.717, 1.165) is 36.4 Å². The highest BCUT2D eigenvalue weighted by Gasteiger charge is 2.45. The first-order valence-corrected chi connectivity index (χ1v) is 14.8. The molecule has 2 aliphatic heterocycles. The van der Waals surface area contributed by atoms with Gasteiger partial charge < -0.3 is 14.2 Å². The summed E-state index contributed by atoms with van der Waals surface area (Å²) in [4.78, 5) is 13.7. The van der Waals surface area contributed by atoms with Gasteiger partial charge in [0.05, 0.1) is 43.2 Å². The van der Waals surface area contributed by atoms with Crippen molar-refractivity contribution in [3.63, 3.8) is 0 Å². The van der Waals surface area contributed by atoms with Crippen molar-refractivity contribution in [1.29, 1.82) is 0 Å². The van der Waals surface area contributed by atoms with Gasteiger partial charge in [-0.1, -0.05) is 23.7 Å². The first-order chi connectivity index (χ1) is 19.0. The van der Waals surface area contributed by atoms with Crippen LogP contribution in [0.1, 0.15) is 82.6 Å². The van der Waals surface area contributed by atoms with Gasteiger partial charge >= 0.3 is 6.61 Å². The van der Waals surface area contributed by atoms with E-state index in [-0.39, 0.29) is 18.0 Å². The molecular weight excluding hydrogens is 538 g/mol. The predicted molar refractivity (Wildman–Crippen MR) is 150 cm³/mol. The third-order valence-corrected chi connectivity index (χ3v) is 8.74. The standard InChI is InChI=1S/C15H21ClN2O.C15H20F2N2O2/c1-9(2)18-10(3)8-19-13-6-5-12-11(15(13)18)4-7-14(16)17-12;1-8(2)19-9(3)7-20-12-6-11-10(14(12)19)4-5-13(18-11)21-15(16)17/h4,7,9-10,13,15H,5-6,8H2,1-3H3;4-5,8-9,12,14-15H,6-7H2,1-3H3. The summed E-state index contributed by atoms with van der Waals surface area (Å²) in [6.45, 7) is 11.9. The van der Waals surface area contributed by atoms with Gasteiger partial charge in [0.1, 0.15) is 5.15 Å². The number of fused-ring (bicyclic) bond motifs is 6. The molecule has 0 bridgehead atoms. The summed E-state index contributed by atoms with van der Waals surface area (Å²) in [7, 11) is 0. The zero-order valence-corrected chi connectivity index (χ0v) is 24.9. The van der Waals surface area contributed by atoms with Crippen LogP contribution in [0.5, 0.6) is 5.88 Å². The monoisotopic (exact) mass is 578 g/mol. The second-order valence-corrected chi connectivity index (χ2v) is 12.3. The Hall–Kier alpha value is -1.91. The third-order valence-electron chi connectivity index (χ3n) is 8.53. The van der Waals surface area contributed by atoms with Crippen molar-refractivity contribution >= 4 is 11.6 Å². The van der Waals surface area contributed by atoms with Gasteiger partial charge in [-0.05, 0) is 71.6 Å². The molecule has 4 aliphatic rings. The first-order valence-electron chi connectivity index (χ1n) is 14.4. The van der Waals surface area contributed by atoms with Gasteiger partial charge in [-0.15, -0.1) is 0 Å². The maximum absolute atomic E-state index is 12.3. The van der Waals surface area contributed by atoms with Crippen LogP contribution in [0.3, 0.4) is 0 Å². The van der Waals surface area contributed by atoms with Crippen LogP contribution < -0.4 is 4.74 Å². The van der Waals surface area contributed by atoms with Crippen molar-refractivity contribution in [2.45, 2.75) is 116 Å². The van der Waals surface area contributed by atoms with Crippen molar-refractivity contribution in [2.75, 3.05) is 13.2 Å². The topological polar surface area (TPSA) is 60.0 Å². The fourth-order valence-corrected chi connectivity index (χ4v) is 7.28. The van der Waals surface area contributed by atoms with E-state index < -0.39 is 6.61 Å². The molecule has 2 saturated heterocycles. The zero-order valence-electron chi connectivity index (χ0n) is 24.2. The lowest BCUT2D eigenvalue weighted by atomic mass is 9.85. The van der Waals surface area contributed by atoms with Gasteiger partial charge in [0.2, 0.25) is 5.88 Å². The van der Waals surface area contributed by atoms with Crippen LogP contribution in [0, 0.1) is 0 Å². The van der Waals surface area contributed by atoms with Crippen molar-refractivity contribution in [3.05, 3.63) is 51.9 Å². The normalized spacial score (nSPS) is 29.9. The highest BCUT2D eigenvalue weighted by atomic mass is 35.5. The van der Waals surface area contributed by atoms with Crippen LogP contribution in [-0.2, 0) is 22.3 Å². The minimum absolute atomic E-state index is 0.0217. The van der Waals surface area contributed by atoms with Crippen molar-refractivity contribution in [2.24, 2.45) is 0 Å². The van der Waals surface area contributed by atoms with Gasteiger partial charge in [0, 0.05) is 42.3 Å². The molecule has 0 spiro atoms. The van der Waals surface area contributed by atoms with Crippen LogP contribution >= 0.6 is 11.6 Å². The Kier molecular flexibility index (Phi) is 8.97. The SMILES string of the molecule is CC(C)N1C(C)COC2CCc3nc(Cl)ccc3C21.CC(C)N1C(C)COC2Cc3nc(OC(F)F)ccc3C21. The molecule has 2 aromatic heterocycles. The molecule has 0 saturated carbocycles. The quantitative estimate of drug-likeness (QED) is 0.413. The largest absolute Gasteiger partial charge is 0.417 e. The second-order valence-electron chi connectivity index (χ2n) is 11.9. The highest BCUT2D eigenvalue weighted by Crippen LogP contribution is 2.43. The summed E-state index contributed by atoms with van der Waals surface area (Å²) >= 11 is 6.02. The van der Waals surface area contributed by atoms with Crippen LogP contribution in [0.4, 0.5) is 8.78 Å². The maximum Gasteiger partial charge on any atom is 0.388 e. The van der Waals surface area contributed by atoms with Crippen molar-refractivity contribution < 1.29 is 23.0 Å². The number of morpholine rings is 2. The molecule has 6 atom stereocenters. The number of aryl methyl sites for hydroxylation is 1. The molecule has 0 aromatic carbocycles. The second kappa shape index (κ2) is 12.1. The molecule has 4 heterocycles. The van der Waals surface area contributed by atoms with E-state index in [9.17, 15) is 8.78 Å². The summed E-state index contributed by atoms with van der Waals surface area (Å²) in [5, 5.41) is 0.595. The van der Waals surface area contributed by atoms with E-state index in [2.05, 4.69) is 72.1 Å². The molecule has 0 radical (unpaired) electrons. The summed E-state index contributed by atoms with van der Waals surface area (Å²) < 4.78 is 41.0. The number of hydrogen-bond acceptors (Lipinski definition) is 7. The minimum Gasteiger partial charge on any atom is -0.417 e. The van der Waals surface area contributed by atoms with Gasteiger partial charge in [0.25, 0.3) is 0 Å². The van der Waals surface area contributed by atoms with E-state index in [4.69, 9.17) is 21.1 Å². The molecule has 10 heteroatoms. The van der Waals surface area contributed by atoms with Crippen LogP contribution in [0.25, 0.3) is 0 Å². The highest BCUT2D eigenvalue weighted by molar-refractivity contribution is 6.29. The number of nitrogens with zero attached hydrogens (tertiary/aromatic N) is 4. The fraction of sp³-hybridized carbons (Fsp3) is 0.667. The Balaban J connectivity index is 0.000000162. The summed E-state index contributed by atoms with van der Waals surface area (Å²) in [6, 6.07) is 9.56. The number of hydrogen-bond donors (Lipinski definition) is 0. The van der Waals surface area contributed by atoms with Crippen molar-refractivity contribution in [1.82, 2.24) is 19.8 Å². The molecule has 0 N–H and O–H groups in total. The Morgan fingerprint density at radius 1 is 0.850 bits per heavy atom. The Labute approximate surface area is 241 Å². The average molecular weight is 579 g/mol. The summed E-state index contributed by atoms with van der Waals surface area (Å²) in [6.07, 6.45) is 3.01. The molecule has 2 aliphatic carbocycles. The van der Waals surface area contributed by atoms with E-state index in [1.807, 2.05) is 12.1 Å². The lowest BCUT2D eigenvalue weighted by Gasteiger charge is -2.49.